The van der Waals surface area contributed by atoms with E-state index in [0.717, 1.165) is 12.1 Å². The lowest BCUT2D eigenvalue weighted by Crippen LogP contribution is -2.42. The van der Waals surface area contributed by atoms with Gasteiger partial charge < -0.3 is 4.74 Å². The van der Waals surface area contributed by atoms with Gasteiger partial charge in [-0.3, -0.25) is 4.90 Å². The molecule has 3 heteroatoms. The summed E-state index contributed by atoms with van der Waals surface area (Å²) in [5, 5.41) is 0. The number of nitrogens with zero attached hydrogens (tertiary/aromatic N) is 1. The number of carbonyl (C=O) groups is 1. The van der Waals surface area contributed by atoms with Gasteiger partial charge in [-0.25, -0.2) is 4.79 Å². The maximum absolute atomic E-state index is 11.6. The number of hydrogen-bond acceptors (Lipinski definition) is 2. The maximum Gasteiger partial charge on any atom is 0.414 e. The Bertz CT molecular complexity index is 416. The lowest BCUT2D eigenvalue weighted by Gasteiger charge is -2.33. The summed E-state index contributed by atoms with van der Waals surface area (Å²) in [5.74, 6) is 0.478. The van der Waals surface area contributed by atoms with Crippen LogP contribution in [0.2, 0.25) is 0 Å². The molecular formula is C12H13NO2. The number of ether oxygens (including phenoxy) is 1. The van der Waals surface area contributed by atoms with Gasteiger partial charge in [0.2, 0.25) is 0 Å². The van der Waals surface area contributed by atoms with Gasteiger partial charge in [0.15, 0.2) is 0 Å². The molecule has 2 aliphatic rings. The van der Waals surface area contributed by atoms with Crippen molar-refractivity contribution in [1.29, 1.82) is 0 Å². The number of carbonyl (C=O) groups excluding carboxylic acids is 1. The number of hydrogen-bond donors (Lipinski definition) is 0. The van der Waals surface area contributed by atoms with E-state index in [-0.39, 0.29) is 12.1 Å². The number of fused-ring (bicyclic) bond motifs is 3. The summed E-state index contributed by atoms with van der Waals surface area (Å²) in [5.41, 5.74) is 2.28. The fraction of sp³-hybridized carbons (Fsp3) is 0.417. The Labute approximate surface area is 88.6 Å². The molecule has 1 saturated heterocycles. The van der Waals surface area contributed by atoms with Crippen molar-refractivity contribution in [3.8, 4) is 0 Å². The van der Waals surface area contributed by atoms with Crippen molar-refractivity contribution in [2.75, 3.05) is 11.5 Å². The highest BCUT2D eigenvalue weighted by Crippen LogP contribution is 2.36. The van der Waals surface area contributed by atoms with Crippen LogP contribution in [0.25, 0.3) is 0 Å². The van der Waals surface area contributed by atoms with E-state index < -0.39 is 0 Å². The van der Waals surface area contributed by atoms with Crippen LogP contribution in [0, 0.1) is 5.92 Å². The minimum Gasteiger partial charge on any atom is -0.447 e. The average molecular weight is 203 g/mol. The van der Waals surface area contributed by atoms with Crippen molar-refractivity contribution >= 4 is 11.8 Å². The number of cyclic esters (lactones) is 1. The Morgan fingerprint density at radius 2 is 2.20 bits per heavy atom. The third-order valence-electron chi connectivity index (χ3n) is 3.36. The smallest absolute Gasteiger partial charge is 0.414 e. The summed E-state index contributed by atoms with van der Waals surface area (Å²) in [6.07, 6.45) is 0.840. The van der Waals surface area contributed by atoms with E-state index in [0.29, 0.717) is 12.5 Å². The summed E-state index contributed by atoms with van der Waals surface area (Å²) < 4.78 is 5.11. The van der Waals surface area contributed by atoms with Crippen LogP contribution in [0.4, 0.5) is 10.5 Å². The summed E-state index contributed by atoms with van der Waals surface area (Å²) >= 11 is 0. The number of para-hydroxylation sites is 1. The minimum absolute atomic E-state index is 0.195. The van der Waals surface area contributed by atoms with Crippen molar-refractivity contribution in [3.05, 3.63) is 29.8 Å². The third kappa shape index (κ3) is 1.16. The molecule has 1 amide bonds. The molecule has 0 aromatic heterocycles. The molecule has 78 valence electrons. The van der Waals surface area contributed by atoms with Crippen LogP contribution in [0.15, 0.2) is 24.3 Å². The highest BCUT2D eigenvalue weighted by molar-refractivity contribution is 5.92. The van der Waals surface area contributed by atoms with Gasteiger partial charge in [-0.05, 0) is 24.0 Å². The topological polar surface area (TPSA) is 29.5 Å². The third-order valence-corrected chi connectivity index (χ3v) is 3.36. The summed E-state index contributed by atoms with van der Waals surface area (Å²) in [7, 11) is 0. The first-order valence-electron chi connectivity index (χ1n) is 5.31. The van der Waals surface area contributed by atoms with E-state index in [1.807, 2.05) is 23.1 Å². The molecule has 0 unspecified atom stereocenters. The van der Waals surface area contributed by atoms with Crippen molar-refractivity contribution in [3.63, 3.8) is 0 Å². The first kappa shape index (κ1) is 8.77. The van der Waals surface area contributed by atoms with Gasteiger partial charge >= 0.3 is 6.09 Å². The largest absolute Gasteiger partial charge is 0.447 e. The Kier molecular flexibility index (Phi) is 1.75. The highest BCUT2D eigenvalue weighted by Gasteiger charge is 2.41. The predicted octanol–water partition coefficient (Wildman–Crippen LogP) is 2.20. The second-order valence-corrected chi connectivity index (χ2v) is 4.32. The molecule has 1 fully saturated rings. The van der Waals surface area contributed by atoms with Gasteiger partial charge in [0, 0.05) is 0 Å². The van der Waals surface area contributed by atoms with Gasteiger partial charge in [0.05, 0.1) is 11.7 Å². The molecule has 0 N–H and O–H groups in total. The Balaban J connectivity index is 2.12. The maximum atomic E-state index is 11.6. The normalized spacial score (nSPS) is 28.3. The van der Waals surface area contributed by atoms with Crippen LogP contribution >= 0.6 is 0 Å². The molecule has 2 heterocycles. The van der Waals surface area contributed by atoms with E-state index in [2.05, 4.69) is 13.0 Å². The first-order chi connectivity index (χ1) is 7.27. The Hall–Kier alpha value is -1.51. The van der Waals surface area contributed by atoms with Crippen LogP contribution in [-0.4, -0.2) is 18.7 Å². The molecule has 2 atom stereocenters. The fourth-order valence-electron chi connectivity index (χ4n) is 2.53. The van der Waals surface area contributed by atoms with Crippen molar-refractivity contribution in [2.45, 2.75) is 19.4 Å². The van der Waals surface area contributed by atoms with Crippen LogP contribution in [0.1, 0.15) is 12.5 Å². The molecular weight excluding hydrogens is 190 g/mol. The molecule has 1 aromatic carbocycles. The van der Waals surface area contributed by atoms with Gasteiger partial charge in [-0.15, -0.1) is 0 Å². The minimum atomic E-state index is -0.195. The highest BCUT2D eigenvalue weighted by atomic mass is 16.6. The van der Waals surface area contributed by atoms with E-state index in [1.54, 1.807) is 0 Å². The van der Waals surface area contributed by atoms with Crippen LogP contribution in [0.5, 0.6) is 0 Å². The van der Waals surface area contributed by atoms with Crippen molar-refractivity contribution < 1.29 is 9.53 Å². The monoisotopic (exact) mass is 203 g/mol. The van der Waals surface area contributed by atoms with Gasteiger partial charge in [0.25, 0.3) is 0 Å². The molecule has 0 radical (unpaired) electrons. The Morgan fingerprint density at radius 1 is 1.40 bits per heavy atom. The van der Waals surface area contributed by atoms with Crippen molar-refractivity contribution in [2.24, 2.45) is 5.92 Å². The van der Waals surface area contributed by atoms with Crippen LogP contribution in [-0.2, 0) is 11.2 Å². The lowest BCUT2D eigenvalue weighted by molar-refractivity contribution is 0.177. The molecule has 15 heavy (non-hydrogen) atoms. The average Bonchev–Trinajstić information content (AvgIpc) is 2.62. The van der Waals surface area contributed by atoms with Gasteiger partial charge in [-0.2, -0.15) is 0 Å². The van der Waals surface area contributed by atoms with Crippen molar-refractivity contribution in [1.82, 2.24) is 0 Å². The van der Waals surface area contributed by atoms with Crippen LogP contribution < -0.4 is 4.90 Å². The van der Waals surface area contributed by atoms with E-state index >= 15 is 0 Å². The summed E-state index contributed by atoms with van der Waals surface area (Å²) in [4.78, 5) is 13.4. The second kappa shape index (κ2) is 2.99. The molecule has 0 saturated carbocycles. The molecule has 2 aliphatic heterocycles. The predicted molar refractivity (Wildman–Crippen MR) is 56.9 cm³/mol. The number of amides is 1. The van der Waals surface area contributed by atoms with Crippen LogP contribution in [0.3, 0.4) is 0 Å². The molecule has 1 aromatic rings. The molecule has 3 rings (SSSR count). The zero-order valence-electron chi connectivity index (χ0n) is 8.64. The molecule has 0 bridgehead atoms. The number of rotatable bonds is 0. The van der Waals surface area contributed by atoms with E-state index in [1.165, 1.54) is 5.56 Å². The Morgan fingerprint density at radius 3 is 3.07 bits per heavy atom. The molecule has 0 spiro atoms. The zero-order valence-corrected chi connectivity index (χ0v) is 8.64. The summed E-state index contributed by atoms with van der Waals surface area (Å²) in [6, 6.07) is 8.31. The van der Waals surface area contributed by atoms with Gasteiger partial charge in [-0.1, -0.05) is 25.1 Å². The number of benzene rings is 1. The molecule has 0 aliphatic carbocycles. The van der Waals surface area contributed by atoms with E-state index in [9.17, 15) is 4.79 Å². The molecule has 3 nitrogen and oxygen atoms in total. The number of anilines is 1. The standard InChI is InChI=1S/C12H13NO2/c1-8-6-9-4-2-3-5-10(9)13-11(8)7-15-12(13)14/h2-5,8,11H,6-7H2,1H3/t8-,11-/m0/s1. The second-order valence-electron chi connectivity index (χ2n) is 4.32. The van der Waals surface area contributed by atoms with Gasteiger partial charge in [0.1, 0.15) is 6.61 Å². The lowest BCUT2D eigenvalue weighted by atomic mass is 9.88. The SMILES string of the molecule is C[C@H]1Cc2ccccc2N2C(=O)OC[C@@H]12. The first-order valence-corrected chi connectivity index (χ1v) is 5.31. The fourth-order valence-corrected chi connectivity index (χ4v) is 2.53. The van der Waals surface area contributed by atoms with E-state index in [4.69, 9.17) is 4.74 Å². The zero-order chi connectivity index (χ0) is 10.4. The summed E-state index contributed by atoms with van der Waals surface area (Å²) in [6.45, 7) is 2.71. The quantitative estimate of drug-likeness (QED) is 0.647.